The van der Waals surface area contributed by atoms with Crippen molar-refractivity contribution in [2.24, 2.45) is 17.8 Å². The van der Waals surface area contributed by atoms with Crippen LogP contribution < -0.4 is 10.1 Å². The third-order valence-corrected chi connectivity index (χ3v) is 6.04. The molecular weight excluding hydrogens is 272 g/mol. The van der Waals surface area contributed by atoms with Crippen LogP contribution in [0.5, 0.6) is 5.75 Å². The second kappa shape index (κ2) is 5.28. The summed E-state index contributed by atoms with van der Waals surface area (Å²) in [7, 11) is 1.67. The highest BCUT2D eigenvalue weighted by molar-refractivity contribution is 5.33. The Kier molecular flexibility index (Phi) is 3.38. The minimum absolute atomic E-state index is 0.207. The Hall–Kier alpha value is -1.53. The van der Waals surface area contributed by atoms with Gasteiger partial charge >= 0.3 is 0 Å². The molecule has 4 bridgehead atoms. The van der Waals surface area contributed by atoms with Crippen LogP contribution >= 0.6 is 0 Å². The van der Waals surface area contributed by atoms with Gasteiger partial charge in [-0.2, -0.15) is 5.26 Å². The largest absolute Gasteiger partial charge is 0.497 e. The van der Waals surface area contributed by atoms with E-state index < -0.39 is 0 Å². The van der Waals surface area contributed by atoms with Crippen LogP contribution in [0.3, 0.4) is 0 Å². The molecule has 4 aliphatic rings. The number of hydrogen-bond donors (Lipinski definition) is 1. The molecule has 0 heterocycles. The summed E-state index contributed by atoms with van der Waals surface area (Å²) in [4.78, 5) is 0. The van der Waals surface area contributed by atoms with Crippen LogP contribution in [0.2, 0.25) is 0 Å². The standard InChI is InChI=1S/C19H24N2O/c1-22-17-4-2-3-16(8-17)18(12-20)21-19-9-13-5-14(10-19)7-15(6-13)11-19/h2-4,8,13-15,18,21H,5-7,9-11H2,1H3/t13?,14?,15?,18-,19?/m1/s1. The summed E-state index contributed by atoms with van der Waals surface area (Å²) < 4.78 is 5.31. The maximum Gasteiger partial charge on any atom is 0.121 e. The molecule has 4 aliphatic carbocycles. The topological polar surface area (TPSA) is 45.0 Å². The predicted molar refractivity (Wildman–Crippen MR) is 85.4 cm³/mol. The Morgan fingerprint density at radius 3 is 2.36 bits per heavy atom. The monoisotopic (exact) mass is 296 g/mol. The molecule has 0 amide bonds. The molecule has 0 aliphatic heterocycles. The predicted octanol–water partition coefficient (Wildman–Crippen LogP) is 3.82. The zero-order chi connectivity index (χ0) is 15.2. The van der Waals surface area contributed by atoms with Crippen LogP contribution in [0.1, 0.15) is 50.1 Å². The summed E-state index contributed by atoms with van der Waals surface area (Å²) in [5, 5.41) is 13.5. The Balaban J connectivity index is 1.57. The van der Waals surface area contributed by atoms with Gasteiger partial charge in [-0.05, 0) is 74.0 Å². The van der Waals surface area contributed by atoms with E-state index in [1.54, 1.807) is 7.11 Å². The van der Waals surface area contributed by atoms with Gasteiger partial charge in [0.2, 0.25) is 0 Å². The fourth-order valence-electron chi connectivity index (χ4n) is 5.60. The van der Waals surface area contributed by atoms with E-state index in [1.807, 2.05) is 24.3 Å². The molecule has 0 unspecified atom stereocenters. The second-order valence-electron chi connectivity index (χ2n) is 7.68. The van der Waals surface area contributed by atoms with Gasteiger partial charge in [0.1, 0.15) is 11.8 Å². The molecule has 4 saturated carbocycles. The number of nitrogens with one attached hydrogen (secondary N) is 1. The summed E-state index contributed by atoms with van der Waals surface area (Å²) in [5.74, 6) is 3.50. The molecule has 3 nitrogen and oxygen atoms in total. The molecule has 0 saturated heterocycles. The van der Waals surface area contributed by atoms with Crippen molar-refractivity contribution in [3.8, 4) is 11.8 Å². The van der Waals surface area contributed by atoms with E-state index in [4.69, 9.17) is 4.74 Å². The maximum atomic E-state index is 9.69. The number of benzene rings is 1. The second-order valence-corrected chi connectivity index (χ2v) is 7.68. The molecule has 5 rings (SSSR count). The highest BCUT2D eigenvalue weighted by atomic mass is 16.5. The van der Waals surface area contributed by atoms with Crippen molar-refractivity contribution in [2.75, 3.05) is 7.11 Å². The first kappa shape index (κ1) is 14.1. The SMILES string of the molecule is COc1cccc([C@@H](C#N)NC23CC4CC(CC(C4)C2)C3)c1. The Labute approximate surface area is 132 Å². The third kappa shape index (κ3) is 2.40. The van der Waals surface area contributed by atoms with Gasteiger partial charge in [0.25, 0.3) is 0 Å². The minimum Gasteiger partial charge on any atom is -0.497 e. The van der Waals surface area contributed by atoms with E-state index in [0.717, 1.165) is 29.1 Å². The Morgan fingerprint density at radius 1 is 1.18 bits per heavy atom. The van der Waals surface area contributed by atoms with Crippen LogP contribution in [-0.4, -0.2) is 12.6 Å². The average Bonchev–Trinajstić information content (AvgIpc) is 2.51. The van der Waals surface area contributed by atoms with E-state index >= 15 is 0 Å². The summed E-state index contributed by atoms with van der Waals surface area (Å²) in [6.45, 7) is 0. The van der Waals surface area contributed by atoms with Crippen molar-refractivity contribution in [3.05, 3.63) is 29.8 Å². The number of methoxy groups -OCH3 is 1. The molecule has 4 fully saturated rings. The molecule has 22 heavy (non-hydrogen) atoms. The summed E-state index contributed by atoms with van der Waals surface area (Å²) >= 11 is 0. The molecular formula is C19H24N2O. The normalized spacial score (nSPS) is 36.8. The first-order chi connectivity index (χ1) is 10.7. The number of hydrogen-bond acceptors (Lipinski definition) is 3. The van der Waals surface area contributed by atoms with Crippen molar-refractivity contribution >= 4 is 0 Å². The Morgan fingerprint density at radius 2 is 1.82 bits per heavy atom. The third-order valence-electron chi connectivity index (χ3n) is 6.04. The lowest BCUT2D eigenvalue weighted by Crippen LogP contribution is -2.58. The highest BCUT2D eigenvalue weighted by Gasteiger charge is 2.51. The van der Waals surface area contributed by atoms with Crippen molar-refractivity contribution in [3.63, 3.8) is 0 Å². The van der Waals surface area contributed by atoms with Gasteiger partial charge in [0.05, 0.1) is 13.2 Å². The molecule has 3 heteroatoms. The van der Waals surface area contributed by atoms with Crippen molar-refractivity contribution in [1.29, 1.82) is 5.26 Å². The van der Waals surface area contributed by atoms with Crippen LogP contribution in [0, 0.1) is 29.1 Å². The van der Waals surface area contributed by atoms with E-state index in [0.29, 0.717) is 0 Å². The van der Waals surface area contributed by atoms with Crippen molar-refractivity contribution in [1.82, 2.24) is 5.32 Å². The lowest BCUT2D eigenvalue weighted by molar-refractivity contribution is -0.0227. The van der Waals surface area contributed by atoms with E-state index in [2.05, 4.69) is 11.4 Å². The maximum absolute atomic E-state index is 9.69. The van der Waals surface area contributed by atoms with Crippen LogP contribution in [0.15, 0.2) is 24.3 Å². The van der Waals surface area contributed by atoms with Gasteiger partial charge in [-0.25, -0.2) is 0 Å². The zero-order valence-corrected chi connectivity index (χ0v) is 13.2. The molecule has 116 valence electrons. The summed E-state index contributed by atoms with van der Waals surface area (Å²) in [6, 6.07) is 10.2. The smallest absolute Gasteiger partial charge is 0.121 e. The first-order valence-corrected chi connectivity index (χ1v) is 8.51. The number of rotatable bonds is 4. The molecule has 1 aromatic rings. The van der Waals surface area contributed by atoms with Crippen molar-refractivity contribution in [2.45, 2.75) is 50.1 Å². The molecule has 0 spiro atoms. The lowest BCUT2D eigenvalue weighted by atomic mass is 9.53. The van der Waals surface area contributed by atoms with Crippen LogP contribution in [-0.2, 0) is 0 Å². The Bertz CT molecular complexity index is 568. The van der Waals surface area contributed by atoms with Gasteiger partial charge in [-0.3, -0.25) is 5.32 Å². The lowest BCUT2D eigenvalue weighted by Gasteiger charge is -2.57. The van der Waals surface area contributed by atoms with Crippen molar-refractivity contribution < 1.29 is 4.74 Å². The van der Waals surface area contributed by atoms with Crippen LogP contribution in [0.25, 0.3) is 0 Å². The fourth-order valence-corrected chi connectivity index (χ4v) is 5.60. The van der Waals surface area contributed by atoms with E-state index in [9.17, 15) is 5.26 Å². The fraction of sp³-hybridized carbons (Fsp3) is 0.632. The van der Waals surface area contributed by atoms with Gasteiger partial charge in [0.15, 0.2) is 0 Å². The van der Waals surface area contributed by atoms with E-state index in [1.165, 1.54) is 38.5 Å². The zero-order valence-electron chi connectivity index (χ0n) is 13.2. The first-order valence-electron chi connectivity index (χ1n) is 8.51. The van der Waals surface area contributed by atoms with Gasteiger partial charge < -0.3 is 4.74 Å². The van der Waals surface area contributed by atoms with E-state index in [-0.39, 0.29) is 11.6 Å². The molecule has 0 radical (unpaired) electrons. The quantitative estimate of drug-likeness (QED) is 0.918. The highest BCUT2D eigenvalue weighted by Crippen LogP contribution is 2.56. The molecule has 1 aromatic carbocycles. The van der Waals surface area contributed by atoms with Gasteiger partial charge in [-0.1, -0.05) is 12.1 Å². The number of nitriles is 1. The summed E-state index contributed by atoms with van der Waals surface area (Å²) in [6.07, 6.45) is 8.08. The van der Waals surface area contributed by atoms with Gasteiger partial charge in [0, 0.05) is 5.54 Å². The number of nitrogens with zero attached hydrogens (tertiary/aromatic N) is 1. The van der Waals surface area contributed by atoms with Gasteiger partial charge in [-0.15, -0.1) is 0 Å². The average molecular weight is 296 g/mol. The number of ether oxygens (including phenoxy) is 1. The summed E-state index contributed by atoms with van der Waals surface area (Å²) in [5.41, 5.74) is 1.23. The molecule has 1 atom stereocenters. The molecule has 1 N–H and O–H groups in total. The minimum atomic E-state index is -0.230. The van der Waals surface area contributed by atoms with Crippen LogP contribution in [0.4, 0.5) is 0 Å². The molecule has 0 aromatic heterocycles.